The molecule has 0 atom stereocenters. The number of anilines is 1. The number of ether oxygens (including phenoxy) is 1. The van der Waals surface area contributed by atoms with Gasteiger partial charge in [-0.2, -0.15) is 0 Å². The summed E-state index contributed by atoms with van der Waals surface area (Å²) in [7, 11) is -2.24. The number of thiophene rings is 1. The molecule has 1 aromatic heterocycles. The molecule has 6 nitrogen and oxygen atoms in total. The number of hydrogen-bond acceptors (Lipinski definition) is 6. The van der Waals surface area contributed by atoms with Gasteiger partial charge in [0.1, 0.15) is 5.00 Å². The molecule has 1 N–H and O–H groups in total. The van der Waals surface area contributed by atoms with E-state index >= 15 is 0 Å². The number of carbonyl (C=O) groups excluding carboxylic acids is 2. The van der Waals surface area contributed by atoms with Gasteiger partial charge < -0.3 is 10.1 Å². The van der Waals surface area contributed by atoms with E-state index < -0.39 is 21.7 Å². The molecule has 0 spiro atoms. The van der Waals surface area contributed by atoms with Gasteiger partial charge in [0.25, 0.3) is 5.91 Å². The van der Waals surface area contributed by atoms with Crippen molar-refractivity contribution in [3.63, 3.8) is 0 Å². The number of amides is 1. The zero-order valence-electron chi connectivity index (χ0n) is 14.5. The van der Waals surface area contributed by atoms with Crippen molar-refractivity contribution in [3.05, 3.63) is 45.8 Å². The van der Waals surface area contributed by atoms with Crippen LogP contribution in [0.4, 0.5) is 5.00 Å². The zero-order chi connectivity index (χ0) is 18.9. The Balaban J connectivity index is 2.00. The molecule has 26 heavy (non-hydrogen) atoms. The number of fused-ring (bicyclic) bond motifs is 1. The first-order chi connectivity index (χ1) is 12.4. The topological polar surface area (TPSA) is 89.5 Å². The van der Waals surface area contributed by atoms with Crippen LogP contribution in [0.15, 0.2) is 29.2 Å². The average Bonchev–Trinajstić information content (AvgIpc) is 3.21. The molecule has 1 aliphatic carbocycles. The van der Waals surface area contributed by atoms with Gasteiger partial charge in [0.15, 0.2) is 9.84 Å². The van der Waals surface area contributed by atoms with E-state index in [0.717, 1.165) is 29.7 Å². The highest BCUT2D eigenvalue weighted by molar-refractivity contribution is 7.91. The molecule has 0 saturated carbocycles. The molecule has 3 rings (SSSR count). The number of aryl methyl sites for hydroxylation is 1. The molecule has 1 heterocycles. The summed E-state index contributed by atoms with van der Waals surface area (Å²) in [4.78, 5) is 26.0. The minimum atomic E-state index is -3.54. The van der Waals surface area contributed by atoms with Gasteiger partial charge in [-0.25, -0.2) is 13.2 Å². The highest BCUT2D eigenvalue weighted by atomic mass is 32.2. The van der Waals surface area contributed by atoms with Crippen LogP contribution in [0.5, 0.6) is 0 Å². The van der Waals surface area contributed by atoms with Gasteiger partial charge in [0, 0.05) is 4.88 Å². The number of nitrogens with one attached hydrogen (secondary N) is 1. The fourth-order valence-corrected chi connectivity index (χ4v) is 5.43. The summed E-state index contributed by atoms with van der Waals surface area (Å²) in [6, 6.07) is 6.08. The van der Waals surface area contributed by atoms with Crippen molar-refractivity contribution >= 4 is 38.1 Å². The van der Waals surface area contributed by atoms with Gasteiger partial charge in [0.05, 0.1) is 28.9 Å². The van der Waals surface area contributed by atoms with Gasteiger partial charge in [-0.05, 0) is 37.0 Å². The van der Waals surface area contributed by atoms with E-state index in [0.29, 0.717) is 10.6 Å². The van der Waals surface area contributed by atoms with Crippen LogP contribution < -0.4 is 5.32 Å². The third-order valence-corrected chi connectivity index (χ3v) is 7.38. The maximum Gasteiger partial charge on any atom is 0.341 e. The van der Waals surface area contributed by atoms with Gasteiger partial charge in [0.2, 0.25) is 0 Å². The zero-order valence-corrected chi connectivity index (χ0v) is 16.1. The van der Waals surface area contributed by atoms with Crippen molar-refractivity contribution < 1.29 is 22.7 Å². The number of methoxy groups -OCH3 is 1. The van der Waals surface area contributed by atoms with E-state index in [1.54, 1.807) is 12.1 Å². The predicted octanol–water partition coefficient (Wildman–Crippen LogP) is 3.07. The highest BCUT2D eigenvalue weighted by Crippen LogP contribution is 2.39. The Morgan fingerprint density at radius 2 is 1.96 bits per heavy atom. The summed E-state index contributed by atoms with van der Waals surface area (Å²) in [5.41, 5.74) is 1.37. The molecule has 1 aliphatic rings. The fraction of sp³-hybridized carbons (Fsp3) is 0.333. The van der Waals surface area contributed by atoms with Gasteiger partial charge in [-0.3, -0.25) is 4.79 Å². The van der Waals surface area contributed by atoms with Gasteiger partial charge in [-0.1, -0.05) is 19.1 Å². The lowest BCUT2D eigenvalue weighted by Gasteiger charge is -2.10. The molecule has 2 aromatic rings. The maximum absolute atomic E-state index is 12.8. The number of benzene rings is 1. The number of carbonyl (C=O) groups is 2. The summed E-state index contributed by atoms with van der Waals surface area (Å²) in [6.07, 6.45) is 2.60. The molecule has 1 aromatic carbocycles. The van der Waals surface area contributed by atoms with Crippen molar-refractivity contribution in [2.24, 2.45) is 0 Å². The van der Waals surface area contributed by atoms with Gasteiger partial charge in [-0.15, -0.1) is 11.3 Å². The lowest BCUT2D eigenvalue weighted by Crippen LogP contribution is -2.18. The number of sulfone groups is 1. The third kappa shape index (κ3) is 3.26. The van der Waals surface area contributed by atoms with Crippen LogP contribution in [0.1, 0.15) is 44.5 Å². The summed E-state index contributed by atoms with van der Waals surface area (Å²) in [6.45, 7) is 1.53. The lowest BCUT2D eigenvalue weighted by molar-refractivity contribution is 0.0601. The smallest absolute Gasteiger partial charge is 0.341 e. The quantitative estimate of drug-likeness (QED) is 0.789. The minimum Gasteiger partial charge on any atom is -0.465 e. The molecule has 0 radical (unpaired) electrons. The second kappa shape index (κ2) is 7.20. The normalized spacial score (nSPS) is 13.3. The van der Waals surface area contributed by atoms with Crippen LogP contribution in [0.3, 0.4) is 0 Å². The molecular weight excluding hydrogens is 374 g/mol. The maximum atomic E-state index is 12.8. The minimum absolute atomic E-state index is 0.0104. The molecule has 0 fully saturated rings. The Kier molecular flexibility index (Phi) is 5.15. The Morgan fingerprint density at radius 3 is 2.65 bits per heavy atom. The number of esters is 1. The molecule has 0 unspecified atom stereocenters. The standard InChI is InChI=1S/C18H19NO5S2/c1-3-26(22,23)14-10-5-4-7-12(14)16(20)19-17-15(18(21)24-2)11-8-6-9-13(11)25-17/h4-5,7,10H,3,6,8-9H2,1-2H3,(H,19,20). The summed E-state index contributed by atoms with van der Waals surface area (Å²) >= 11 is 1.35. The molecule has 8 heteroatoms. The van der Waals surface area contributed by atoms with Crippen LogP contribution in [-0.4, -0.2) is 33.2 Å². The molecule has 0 saturated heterocycles. The first-order valence-electron chi connectivity index (χ1n) is 8.25. The second-order valence-electron chi connectivity index (χ2n) is 5.91. The first kappa shape index (κ1) is 18.6. The highest BCUT2D eigenvalue weighted by Gasteiger charge is 2.29. The summed E-state index contributed by atoms with van der Waals surface area (Å²) in [5, 5.41) is 3.13. The monoisotopic (exact) mass is 393 g/mol. The van der Waals surface area contributed by atoms with Crippen LogP contribution in [0, 0.1) is 0 Å². The Hall–Kier alpha value is -2.19. The number of hydrogen-bond donors (Lipinski definition) is 1. The average molecular weight is 393 g/mol. The summed E-state index contributed by atoms with van der Waals surface area (Å²) < 4.78 is 29.4. The largest absolute Gasteiger partial charge is 0.465 e. The summed E-state index contributed by atoms with van der Waals surface area (Å²) in [5.74, 6) is -1.14. The van der Waals surface area contributed by atoms with Crippen molar-refractivity contribution in [2.75, 3.05) is 18.2 Å². The Bertz CT molecular complexity index is 975. The van der Waals surface area contributed by atoms with Crippen LogP contribution in [0.25, 0.3) is 0 Å². The molecular formula is C18H19NO5S2. The van der Waals surface area contributed by atoms with E-state index in [1.807, 2.05) is 0 Å². The predicted molar refractivity (Wildman–Crippen MR) is 99.8 cm³/mol. The van der Waals surface area contributed by atoms with E-state index in [1.165, 1.54) is 37.5 Å². The van der Waals surface area contributed by atoms with Crippen molar-refractivity contribution in [1.82, 2.24) is 0 Å². The van der Waals surface area contributed by atoms with Crippen molar-refractivity contribution in [2.45, 2.75) is 31.1 Å². The van der Waals surface area contributed by atoms with E-state index in [-0.39, 0.29) is 16.2 Å². The van der Waals surface area contributed by atoms with Crippen LogP contribution in [0.2, 0.25) is 0 Å². The van der Waals surface area contributed by atoms with Crippen LogP contribution in [-0.2, 0) is 27.4 Å². The molecule has 138 valence electrons. The third-order valence-electron chi connectivity index (χ3n) is 4.38. The Morgan fingerprint density at radius 1 is 1.23 bits per heavy atom. The molecule has 0 aliphatic heterocycles. The fourth-order valence-electron chi connectivity index (χ4n) is 3.06. The molecule has 1 amide bonds. The first-order valence-corrected chi connectivity index (χ1v) is 10.7. The van der Waals surface area contributed by atoms with E-state index in [4.69, 9.17) is 4.74 Å². The van der Waals surface area contributed by atoms with Crippen molar-refractivity contribution in [3.8, 4) is 0 Å². The van der Waals surface area contributed by atoms with Gasteiger partial charge >= 0.3 is 5.97 Å². The van der Waals surface area contributed by atoms with Crippen molar-refractivity contribution in [1.29, 1.82) is 0 Å². The SMILES string of the molecule is CCS(=O)(=O)c1ccccc1C(=O)Nc1sc2c(c1C(=O)OC)CCC2. The second-order valence-corrected chi connectivity index (χ2v) is 9.26. The van der Waals surface area contributed by atoms with E-state index in [2.05, 4.69) is 5.32 Å². The van der Waals surface area contributed by atoms with Crippen LogP contribution >= 0.6 is 11.3 Å². The Labute approximate surface area is 156 Å². The number of rotatable bonds is 5. The van der Waals surface area contributed by atoms with E-state index in [9.17, 15) is 18.0 Å². The molecule has 0 bridgehead atoms. The lowest BCUT2D eigenvalue weighted by atomic mass is 10.1.